The summed E-state index contributed by atoms with van der Waals surface area (Å²) in [5.74, 6) is 0.176. The van der Waals surface area contributed by atoms with E-state index in [9.17, 15) is 8.78 Å². The number of aryl methyl sites for hydroxylation is 1. The Balaban J connectivity index is 1.65. The molecule has 5 nitrogen and oxygen atoms in total. The van der Waals surface area contributed by atoms with Crippen LogP contribution in [-0.2, 0) is 11.8 Å². The normalized spacial score (nSPS) is 24.5. The molecule has 3 aromatic rings. The Hall–Kier alpha value is -2.70. The summed E-state index contributed by atoms with van der Waals surface area (Å²) in [4.78, 5) is 4.39. The molecule has 2 aliphatic rings. The maximum absolute atomic E-state index is 14.3. The predicted octanol–water partition coefficient (Wildman–Crippen LogP) is 4.51. The third-order valence-electron chi connectivity index (χ3n) is 6.86. The average Bonchev–Trinajstić information content (AvgIpc) is 3.21. The minimum absolute atomic E-state index is 0.0984. The van der Waals surface area contributed by atoms with Gasteiger partial charge in [-0.25, -0.2) is 8.78 Å². The summed E-state index contributed by atoms with van der Waals surface area (Å²) >= 11 is 0. The lowest BCUT2D eigenvalue weighted by atomic mass is 9.66. The molecular weight excluding hydrogens is 362 g/mol. The maximum atomic E-state index is 14.3. The maximum Gasteiger partial charge on any atom is 0.227 e. The van der Waals surface area contributed by atoms with Gasteiger partial charge in [-0.3, -0.25) is 0 Å². The Morgan fingerprint density at radius 2 is 1.93 bits per heavy atom. The van der Waals surface area contributed by atoms with Crippen LogP contribution in [0.4, 0.5) is 8.78 Å². The van der Waals surface area contributed by atoms with Crippen molar-refractivity contribution in [3.05, 3.63) is 58.9 Å². The van der Waals surface area contributed by atoms with Crippen LogP contribution in [0.5, 0.6) is 0 Å². The summed E-state index contributed by atoms with van der Waals surface area (Å²) in [5, 5.41) is 12.6. The topological polar surface area (TPSA) is 64.7 Å². The monoisotopic (exact) mass is 382 g/mol. The van der Waals surface area contributed by atoms with Crippen LogP contribution in [0.25, 0.3) is 11.3 Å². The number of fused-ring (bicyclic) bond motifs is 5. The van der Waals surface area contributed by atoms with E-state index >= 15 is 0 Å². The van der Waals surface area contributed by atoms with Crippen molar-refractivity contribution in [1.29, 1.82) is 0 Å². The first-order valence-corrected chi connectivity index (χ1v) is 9.45. The van der Waals surface area contributed by atoms with Crippen LogP contribution in [0.1, 0.15) is 55.6 Å². The standard InChI is InChI=1S/C21H20F2N4O/c1-11-24-17(28-27-11)10-21-8-7-13(20(21,2)3)12-9-16(25-26-19(12)21)18-14(22)5-4-6-15(18)23/h4-6,9,13H,7-8,10H2,1-3H3/t13-,21?/m0/s1. The van der Waals surface area contributed by atoms with Crippen molar-refractivity contribution in [2.24, 2.45) is 5.41 Å². The first-order chi connectivity index (χ1) is 13.3. The zero-order valence-corrected chi connectivity index (χ0v) is 16.0. The lowest BCUT2D eigenvalue weighted by Gasteiger charge is -2.36. The highest BCUT2D eigenvalue weighted by Gasteiger charge is 2.63. The molecule has 2 aliphatic carbocycles. The molecule has 7 heteroatoms. The summed E-state index contributed by atoms with van der Waals surface area (Å²) in [7, 11) is 0. The summed E-state index contributed by atoms with van der Waals surface area (Å²) in [6.45, 7) is 6.24. The molecule has 1 unspecified atom stereocenters. The van der Waals surface area contributed by atoms with Crippen LogP contribution in [0.15, 0.2) is 28.8 Å². The predicted molar refractivity (Wildman–Crippen MR) is 97.6 cm³/mol. The van der Waals surface area contributed by atoms with Gasteiger partial charge in [0.25, 0.3) is 0 Å². The van der Waals surface area contributed by atoms with E-state index in [4.69, 9.17) is 4.52 Å². The quantitative estimate of drug-likeness (QED) is 0.667. The number of aromatic nitrogens is 4. The molecule has 2 heterocycles. The first-order valence-electron chi connectivity index (χ1n) is 9.45. The van der Waals surface area contributed by atoms with Gasteiger partial charge in [-0.05, 0) is 54.9 Å². The van der Waals surface area contributed by atoms with Gasteiger partial charge in [0.05, 0.1) is 17.0 Å². The Labute approximate surface area is 161 Å². The van der Waals surface area contributed by atoms with Crippen LogP contribution in [0.3, 0.4) is 0 Å². The largest absolute Gasteiger partial charge is 0.339 e. The molecule has 0 N–H and O–H groups in total. The minimum atomic E-state index is -0.632. The van der Waals surface area contributed by atoms with Gasteiger partial charge in [0.15, 0.2) is 5.82 Å². The minimum Gasteiger partial charge on any atom is -0.339 e. The highest BCUT2D eigenvalue weighted by Crippen LogP contribution is 2.68. The molecule has 1 fully saturated rings. The second-order valence-electron chi connectivity index (χ2n) is 8.44. The van der Waals surface area contributed by atoms with Gasteiger partial charge in [-0.1, -0.05) is 25.1 Å². The Morgan fingerprint density at radius 1 is 1.18 bits per heavy atom. The summed E-state index contributed by atoms with van der Waals surface area (Å²) in [5.41, 5.74) is 1.66. The van der Waals surface area contributed by atoms with Crippen molar-refractivity contribution in [3.63, 3.8) is 0 Å². The van der Waals surface area contributed by atoms with E-state index in [1.54, 1.807) is 6.92 Å². The Morgan fingerprint density at radius 3 is 2.61 bits per heavy atom. The van der Waals surface area contributed by atoms with Crippen LogP contribution in [0, 0.1) is 24.0 Å². The molecular formula is C21H20F2N4O. The summed E-state index contributed by atoms with van der Waals surface area (Å²) < 4.78 is 33.9. The third-order valence-corrected chi connectivity index (χ3v) is 6.86. The van der Waals surface area contributed by atoms with Crippen molar-refractivity contribution in [1.82, 2.24) is 20.3 Å². The van der Waals surface area contributed by atoms with Crippen molar-refractivity contribution in [2.45, 2.75) is 51.4 Å². The van der Waals surface area contributed by atoms with Gasteiger partial charge in [0.2, 0.25) is 5.89 Å². The highest BCUT2D eigenvalue weighted by molar-refractivity contribution is 5.63. The molecule has 2 bridgehead atoms. The lowest BCUT2D eigenvalue weighted by molar-refractivity contribution is 0.187. The van der Waals surface area contributed by atoms with Gasteiger partial charge in [-0.15, -0.1) is 0 Å². The number of rotatable bonds is 3. The number of hydrogen-bond donors (Lipinski definition) is 0. The molecule has 1 saturated carbocycles. The van der Waals surface area contributed by atoms with Crippen LogP contribution < -0.4 is 0 Å². The fourth-order valence-electron chi connectivity index (χ4n) is 5.35. The molecule has 5 rings (SSSR count). The van der Waals surface area contributed by atoms with E-state index in [1.165, 1.54) is 18.2 Å². The summed E-state index contributed by atoms with van der Waals surface area (Å²) in [6, 6.07) is 5.64. The zero-order chi connectivity index (χ0) is 19.7. The third kappa shape index (κ3) is 2.16. The molecule has 0 aliphatic heterocycles. The number of nitrogens with zero attached hydrogens (tertiary/aromatic N) is 4. The number of halogens is 2. The zero-order valence-electron chi connectivity index (χ0n) is 16.0. The van der Waals surface area contributed by atoms with E-state index in [0.29, 0.717) is 18.1 Å². The van der Waals surface area contributed by atoms with Gasteiger partial charge in [0.1, 0.15) is 11.6 Å². The molecule has 28 heavy (non-hydrogen) atoms. The van der Waals surface area contributed by atoms with Crippen LogP contribution in [0.2, 0.25) is 0 Å². The SMILES string of the molecule is Cc1noc(CC23CC[C@@H](c4cc(-c5c(F)cccc5F)nnc42)C3(C)C)n1. The van der Waals surface area contributed by atoms with E-state index in [1.807, 2.05) is 6.07 Å². The van der Waals surface area contributed by atoms with E-state index < -0.39 is 11.6 Å². The number of hydrogen-bond acceptors (Lipinski definition) is 5. The molecule has 144 valence electrons. The molecule has 0 spiro atoms. The lowest BCUT2D eigenvalue weighted by Crippen LogP contribution is -2.38. The molecule has 0 radical (unpaired) electrons. The summed E-state index contributed by atoms with van der Waals surface area (Å²) in [6.07, 6.45) is 2.52. The second kappa shape index (κ2) is 5.65. The Bertz CT molecular complexity index is 1070. The smallest absolute Gasteiger partial charge is 0.227 e. The molecule has 2 aromatic heterocycles. The molecule has 2 atom stereocenters. The average molecular weight is 382 g/mol. The van der Waals surface area contributed by atoms with E-state index in [0.717, 1.165) is 24.1 Å². The van der Waals surface area contributed by atoms with Gasteiger partial charge in [-0.2, -0.15) is 15.2 Å². The van der Waals surface area contributed by atoms with Gasteiger partial charge < -0.3 is 4.52 Å². The number of benzene rings is 1. The van der Waals surface area contributed by atoms with Crippen molar-refractivity contribution in [3.8, 4) is 11.3 Å². The molecule has 0 amide bonds. The fourth-order valence-corrected chi connectivity index (χ4v) is 5.35. The van der Waals surface area contributed by atoms with Gasteiger partial charge >= 0.3 is 0 Å². The van der Waals surface area contributed by atoms with Crippen LogP contribution in [-0.4, -0.2) is 20.3 Å². The Kier molecular flexibility index (Phi) is 3.51. The van der Waals surface area contributed by atoms with Crippen molar-refractivity contribution in [2.75, 3.05) is 0 Å². The van der Waals surface area contributed by atoms with E-state index in [2.05, 4.69) is 34.2 Å². The highest BCUT2D eigenvalue weighted by atomic mass is 19.1. The van der Waals surface area contributed by atoms with Crippen molar-refractivity contribution < 1.29 is 13.3 Å². The van der Waals surface area contributed by atoms with E-state index in [-0.39, 0.29) is 28.0 Å². The van der Waals surface area contributed by atoms with Gasteiger partial charge in [0, 0.05) is 11.8 Å². The van der Waals surface area contributed by atoms with Crippen molar-refractivity contribution >= 4 is 0 Å². The fraction of sp³-hybridized carbons (Fsp3) is 0.429. The van der Waals surface area contributed by atoms with Crippen LogP contribution >= 0.6 is 0 Å². The second-order valence-corrected chi connectivity index (χ2v) is 8.44. The first kappa shape index (κ1) is 17.4. The molecule has 0 saturated heterocycles. The molecule has 1 aromatic carbocycles.